The van der Waals surface area contributed by atoms with Crippen molar-refractivity contribution in [2.75, 3.05) is 31.2 Å². The van der Waals surface area contributed by atoms with E-state index in [1.807, 2.05) is 79.1 Å². The van der Waals surface area contributed by atoms with Gasteiger partial charge < -0.3 is 14.2 Å². The van der Waals surface area contributed by atoms with Crippen LogP contribution in [0.3, 0.4) is 0 Å². The summed E-state index contributed by atoms with van der Waals surface area (Å²) < 4.78 is 9.61. The molecule has 0 aliphatic carbocycles. The summed E-state index contributed by atoms with van der Waals surface area (Å²) in [5.41, 5.74) is 5.32. The highest BCUT2D eigenvalue weighted by molar-refractivity contribution is 6.30. The second-order valence-corrected chi connectivity index (χ2v) is 8.84. The number of rotatable bonds is 5. The molecule has 2 aromatic heterocycles. The largest absolute Gasteiger partial charge is 0.378 e. The minimum atomic E-state index is 0.437. The van der Waals surface area contributed by atoms with E-state index < -0.39 is 0 Å². The van der Waals surface area contributed by atoms with Crippen LogP contribution in [0.5, 0.6) is 0 Å². The number of anilines is 1. The molecule has 7 nitrogen and oxygen atoms in total. The number of ether oxygens (including phenoxy) is 1. The molecule has 5 rings (SSSR count). The van der Waals surface area contributed by atoms with Crippen molar-refractivity contribution >= 4 is 29.2 Å². The van der Waals surface area contributed by atoms with Crippen molar-refractivity contribution in [3.63, 3.8) is 0 Å². The van der Waals surface area contributed by atoms with Gasteiger partial charge >= 0.3 is 0 Å². The van der Waals surface area contributed by atoms with Gasteiger partial charge in [0.15, 0.2) is 5.82 Å². The third kappa shape index (κ3) is 4.46. The van der Waals surface area contributed by atoms with Gasteiger partial charge in [0.2, 0.25) is 5.95 Å². The smallest absolute Gasteiger partial charge is 0.232 e. The van der Waals surface area contributed by atoms with E-state index in [4.69, 9.17) is 16.3 Å². The average Bonchev–Trinajstić information content (AvgIpc) is 3.44. The van der Waals surface area contributed by atoms with Crippen LogP contribution < -0.4 is 4.90 Å². The first-order valence-corrected chi connectivity index (χ1v) is 11.8. The SMILES string of the molecule is Cc1cc(/C=C(\C#N)c2nnc(N3CCOCC3)n2-c2ccccc2)c(C)n1-c1cccc(Cl)c1. The quantitative estimate of drug-likeness (QED) is 0.363. The van der Waals surface area contributed by atoms with Gasteiger partial charge in [-0.05, 0) is 61.9 Å². The molecule has 0 N–H and O–H groups in total. The van der Waals surface area contributed by atoms with Gasteiger partial charge in [-0.1, -0.05) is 35.9 Å². The predicted octanol–water partition coefficient (Wildman–Crippen LogP) is 5.23. The molecule has 0 spiro atoms. The number of nitriles is 1. The van der Waals surface area contributed by atoms with Crippen molar-refractivity contribution in [1.82, 2.24) is 19.3 Å². The molecule has 1 saturated heterocycles. The zero-order valence-corrected chi connectivity index (χ0v) is 20.4. The minimum Gasteiger partial charge on any atom is -0.378 e. The van der Waals surface area contributed by atoms with Crippen molar-refractivity contribution < 1.29 is 4.74 Å². The van der Waals surface area contributed by atoms with Gasteiger partial charge in [0, 0.05) is 35.2 Å². The van der Waals surface area contributed by atoms with Gasteiger partial charge in [-0.15, -0.1) is 10.2 Å². The number of hydrogen-bond donors (Lipinski definition) is 0. The monoisotopic (exact) mass is 484 g/mol. The van der Waals surface area contributed by atoms with E-state index in [0.29, 0.717) is 35.6 Å². The molecule has 2 aromatic carbocycles. The molecule has 176 valence electrons. The summed E-state index contributed by atoms with van der Waals surface area (Å²) in [6, 6.07) is 22.1. The molecule has 1 aliphatic heterocycles. The molecule has 0 bridgehead atoms. The fraction of sp³-hybridized carbons (Fsp3) is 0.222. The van der Waals surface area contributed by atoms with Crippen molar-refractivity contribution in [3.8, 4) is 17.4 Å². The lowest BCUT2D eigenvalue weighted by Crippen LogP contribution is -2.38. The molecule has 3 heterocycles. The number of allylic oxidation sites excluding steroid dienone is 1. The van der Waals surface area contributed by atoms with Gasteiger partial charge in [0.25, 0.3) is 0 Å². The van der Waals surface area contributed by atoms with Crippen LogP contribution in [0.4, 0.5) is 5.95 Å². The number of hydrogen-bond acceptors (Lipinski definition) is 5. The number of benzene rings is 2. The fourth-order valence-corrected chi connectivity index (χ4v) is 4.67. The lowest BCUT2D eigenvalue weighted by Gasteiger charge is -2.28. The Labute approximate surface area is 209 Å². The van der Waals surface area contributed by atoms with E-state index in [9.17, 15) is 5.26 Å². The number of para-hydroxylation sites is 1. The Morgan fingerprint density at radius 2 is 1.71 bits per heavy atom. The summed E-state index contributed by atoms with van der Waals surface area (Å²) in [4.78, 5) is 2.15. The molecule has 0 saturated carbocycles. The normalized spacial score (nSPS) is 14.2. The third-order valence-corrected chi connectivity index (χ3v) is 6.39. The van der Waals surface area contributed by atoms with E-state index >= 15 is 0 Å². The molecular formula is C27H25ClN6O. The highest BCUT2D eigenvalue weighted by Gasteiger charge is 2.24. The molecule has 0 radical (unpaired) electrons. The van der Waals surface area contributed by atoms with E-state index in [2.05, 4.69) is 31.8 Å². The van der Waals surface area contributed by atoms with Crippen molar-refractivity contribution in [2.24, 2.45) is 0 Å². The van der Waals surface area contributed by atoms with Gasteiger partial charge in [-0.2, -0.15) is 5.26 Å². The Balaban J connectivity index is 1.62. The van der Waals surface area contributed by atoms with Crippen molar-refractivity contribution in [1.29, 1.82) is 5.26 Å². The third-order valence-electron chi connectivity index (χ3n) is 6.15. The minimum absolute atomic E-state index is 0.437. The maximum Gasteiger partial charge on any atom is 0.232 e. The zero-order chi connectivity index (χ0) is 24.4. The summed E-state index contributed by atoms with van der Waals surface area (Å²) in [6.45, 7) is 6.78. The van der Waals surface area contributed by atoms with Crippen LogP contribution in [0, 0.1) is 25.2 Å². The van der Waals surface area contributed by atoms with E-state index in [1.165, 1.54) is 0 Å². The molecular weight excluding hydrogens is 460 g/mol. The molecule has 8 heteroatoms. The Bertz CT molecular complexity index is 1420. The number of aryl methyl sites for hydroxylation is 1. The second-order valence-electron chi connectivity index (χ2n) is 8.41. The molecule has 0 amide bonds. The van der Waals surface area contributed by atoms with E-state index in [-0.39, 0.29) is 0 Å². The Morgan fingerprint density at radius 3 is 2.43 bits per heavy atom. The van der Waals surface area contributed by atoms with Crippen LogP contribution in [-0.4, -0.2) is 45.6 Å². The Hall–Kier alpha value is -3.86. The van der Waals surface area contributed by atoms with Crippen LogP contribution in [0.25, 0.3) is 23.0 Å². The van der Waals surface area contributed by atoms with Crippen LogP contribution in [0.2, 0.25) is 5.02 Å². The predicted molar refractivity (Wildman–Crippen MR) is 138 cm³/mol. The molecule has 1 aliphatic rings. The Morgan fingerprint density at radius 1 is 0.971 bits per heavy atom. The highest BCUT2D eigenvalue weighted by Crippen LogP contribution is 2.29. The first-order valence-electron chi connectivity index (χ1n) is 11.5. The summed E-state index contributed by atoms with van der Waals surface area (Å²) >= 11 is 6.24. The Kier molecular flexibility index (Phi) is 6.41. The second kappa shape index (κ2) is 9.79. The summed E-state index contributed by atoms with van der Waals surface area (Å²) in [6.07, 6.45) is 1.88. The zero-order valence-electron chi connectivity index (χ0n) is 19.6. The van der Waals surface area contributed by atoms with Gasteiger partial charge in [0.1, 0.15) is 6.07 Å². The van der Waals surface area contributed by atoms with Crippen LogP contribution >= 0.6 is 11.6 Å². The van der Waals surface area contributed by atoms with Gasteiger partial charge in [-0.3, -0.25) is 4.57 Å². The first-order chi connectivity index (χ1) is 17.1. The highest BCUT2D eigenvalue weighted by atomic mass is 35.5. The van der Waals surface area contributed by atoms with Gasteiger partial charge in [0.05, 0.1) is 24.5 Å². The standard InChI is InChI=1S/C27H25ClN6O/c1-19-15-21(20(2)33(19)25-10-6-7-23(28)17-25)16-22(18-29)26-30-31-27(32-11-13-35-14-12-32)34(26)24-8-4-3-5-9-24/h3-10,15-17H,11-14H2,1-2H3/b22-16+. The number of morpholine rings is 1. The maximum atomic E-state index is 10.2. The molecule has 4 aromatic rings. The number of nitrogens with zero attached hydrogens (tertiary/aromatic N) is 6. The van der Waals surface area contributed by atoms with E-state index in [1.54, 1.807) is 0 Å². The molecule has 0 atom stereocenters. The first kappa shape index (κ1) is 22.9. The van der Waals surface area contributed by atoms with Gasteiger partial charge in [-0.25, -0.2) is 0 Å². The molecule has 35 heavy (non-hydrogen) atoms. The van der Waals surface area contributed by atoms with E-state index in [0.717, 1.165) is 41.4 Å². The summed E-state index contributed by atoms with van der Waals surface area (Å²) in [7, 11) is 0. The number of aromatic nitrogens is 4. The lowest BCUT2D eigenvalue weighted by molar-refractivity contribution is 0.122. The summed E-state index contributed by atoms with van der Waals surface area (Å²) in [5, 5.41) is 19.9. The van der Waals surface area contributed by atoms with Crippen LogP contribution in [0.15, 0.2) is 60.7 Å². The van der Waals surface area contributed by atoms with Crippen LogP contribution in [-0.2, 0) is 4.74 Å². The van der Waals surface area contributed by atoms with Crippen molar-refractivity contribution in [2.45, 2.75) is 13.8 Å². The van der Waals surface area contributed by atoms with Crippen molar-refractivity contribution in [3.05, 3.63) is 88.5 Å². The molecule has 1 fully saturated rings. The molecule has 0 unspecified atom stereocenters. The fourth-order valence-electron chi connectivity index (χ4n) is 4.48. The average molecular weight is 485 g/mol. The summed E-state index contributed by atoms with van der Waals surface area (Å²) in [5.74, 6) is 1.22. The maximum absolute atomic E-state index is 10.2. The topological polar surface area (TPSA) is 71.9 Å². The number of halogens is 1. The van der Waals surface area contributed by atoms with Crippen LogP contribution in [0.1, 0.15) is 22.8 Å². The lowest BCUT2D eigenvalue weighted by atomic mass is 10.1.